The first-order valence-corrected chi connectivity index (χ1v) is 16.6. The smallest absolute Gasteiger partial charge is 0.347 e. The molecule has 0 aliphatic heterocycles. The zero-order chi connectivity index (χ0) is 38.6. The summed E-state index contributed by atoms with van der Waals surface area (Å²) in [5.74, 6) is -11.6. The van der Waals surface area contributed by atoms with Gasteiger partial charge in [0, 0.05) is 0 Å². The van der Waals surface area contributed by atoms with Crippen molar-refractivity contribution < 1.29 is 76.3 Å². The summed E-state index contributed by atoms with van der Waals surface area (Å²) < 4.78 is 41.9. The van der Waals surface area contributed by atoms with Crippen LogP contribution in [0.2, 0.25) is 0 Å². The third kappa shape index (κ3) is 7.02. The Balaban J connectivity index is 2.87. The van der Waals surface area contributed by atoms with Gasteiger partial charge < -0.3 is 37.9 Å². The fourth-order valence-corrected chi connectivity index (χ4v) is 7.25. The Bertz CT molecular complexity index is 1260. The minimum atomic E-state index is -2.35. The molecule has 0 N–H and O–H groups in total. The predicted octanol–water partition coefficient (Wildman–Crippen LogP) is 2.25. The molecule has 0 radical (unpaired) electrons. The monoisotopic (exact) mass is 714 g/mol. The highest BCUT2D eigenvalue weighted by atomic mass is 16.6. The van der Waals surface area contributed by atoms with E-state index in [0.29, 0.717) is 0 Å². The Morgan fingerprint density at radius 2 is 0.660 bits per heavy atom. The van der Waals surface area contributed by atoms with E-state index in [1.807, 2.05) is 0 Å². The van der Waals surface area contributed by atoms with Crippen LogP contribution in [-0.2, 0) is 76.3 Å². The van der Waals surface area contributed by atoms with Gasteiger partial charge in [-0.2, -0.15) is 0 Å². The van der Waals surface area contributed by atoms with Crippen LogP contribution >= 0.6 is 0 Å². The average molecular weight is 715 g/mol. The minimum absolute atomic E-state index is 0.0204. The lowest BCUT2D eigenvalue weighted by Crippen LogP contribution is -2.47. The van der Waals surface area contributed by atoms with E-state index in [1.165, 1.54) is 69.2 Å². The zero-order valence-electron chi connectivity index (χ0n) is 30.8. The lowest BCUT2D eigenvalue weighted by atomic mass is 9.73. The van der Waals surface area contributed by atoms with Gasteiger partial charge in [-0.1, -0.05) is 27.7 Å². The number of rotatable bonds is 17. The maximum Gasteiger partial charge on any atom is 0.347 e. The molecular weight excluding hydrogens is 664 g/mol. The van der Waals surface area contributed by atoms with Crippen molar-refractivity contribution in [1.82, 2.24) is 0 Å². The third-order valence-corrected chi connectivity index (χ3v) is 9.54. The minimum Gasteiger partial charge on any atom is -0.463 e. The molecule has 2 aliphatic carbocycles. The standard InChI is InChI=1S/C34H50O16/c1-13-43-23(35)17(5)47-27(39)21-31(9,10)33(21,29(41)49-19(7)25(37)45-15-3)34(30(42)50-20(8)26(38)46-16-4)22(32(34,11)12)28(40)48-18(6)24(36)44-14-2/h17-22H,13-16H2,1-12H3/t17-,18?,19-,20-,21+,22+,33+,34+/m0/s1. The van der Waals surface area contributed by atoms with E-state index in [-0.39, 0.29) is 26.4 Å². The average Bonchev–Trinajstić information content (AvgIpc) is 3.77. The summed E-state index contributed by atoms with van der Waals surface area (Å²) in [6.45, 7) is 16.7. The van der Waals surface area contributed by atoms with Crippen LogP contribution in [0.3, 0.4) is 0 Å². The van der Waals surface area contributed by atoms with E-state index in [9.17, 15) is 38.4 Å². The third-order valence-electron chi connectivity index (χ3n) is 9.54. The van der Waals surface area contributed by atoms with Crippen LogP contribution in [0, 0.1) is 33.5 Å². The fourth-order valence-electron chi connectivity index (χ4n) is 7.25. The number of carbonyl (C=O) groups excluding carboxylic acids is 8. The summed E-state index contributed by atoms with van der Waals surface area (Å²) in [4.78, 5) is 107. The summed E-state index contributed by atoms with van der Waals surface area (Å²) in [7, 11) is 0. The highest BCUT2D eigenvalue weighted by Crippen LogP contribution is 2.90. The first-order valence-electron chi connectivity index (χ1n) is 16.6. The Kier molecular flexibility index (Phi) is 13.2. The maximum absolute atomic E-state index is 14.6. The number of hydrogen-bond acceptors (Lipinski definition) is 16. The molecule has 2 fully saturated rings. The molecule has 0 aromatic carbocycles. The second-order valence-corrected chi connectivity index (χ2v) is 13.2. The van der Waals surface area contributed by atoms with Crippen LogP contribution in [0.25, 0.3) is 0 Å². The summed E-state index contributed by atoms with van der Waals surface area (Å²) in [5, 5.41) is 0. The van der Waals surface area contributed by atoms with Crippen LogP contribution in [0.4, 0.5) is 0 Å². The summed E-state index contributed by atoms with van der Waals surface area (Å²) in [6.07, 6.45) is -5.99. The van der Waals surface area contributed by atoms with Crippen molar-refractivity contribution in [2.75, 3.05) is 26.4 Å². The van der Waals surface area contributed by atoms with Gasteiger partial charge in [-0.05, 0) is 66.2 Å². The molecule has 0 bridgehead atoms. The lowest BCUT2D eigenvalue weighted by Gasteiger charge is -2.32. The zero-order valence-corrected chi connectivity index (χ0v) is 30.8. The van der Waals surface area contributed by atoms with Gasteiger partial charge in [-0.3, -0.25) is 19.2 Å². The highest BCUT2D eigenvalue weighted by molar-refractivity contribution is 6.06. The van der Waals surface area contributed by atoms with Crippen LogP contribution in [0.5, 0.6) is 0 Å². The molecule has 282 valence electrons. The molecule has 50 heavy (non-hydrogen) atoms. The number of carbonyl (C=O) groups is 8. The van der Waals surface area contributed by atoms with Gasteiger partial charge in [0.1, 0.15) is 10.8 Å². The van der Waals surface area contributed by atoms with Crippen molar-refractivity contribution in [3.63, 3.8) is 0 Å². The largest absolute Gasteiger partial charge is 0.463 e. The molecule has 0 heterocycles. The molecule has 0 saturated heterocycles. The Labute approximate surface area is 291 Å². The van der Waals surface area contributed by atoms with Crippen molar-refractivity contribution in [1.29, 1.82) is 0 Å². The SMILES string of the molecule is CCOC(=O)C(C)OC(=O)[C@@H]1C(C)(C)[C@@]1(C(=O)O[C@@H](C)C(=O)OCC)[C@@]1(C(=O)O[C@@H](C)C(=O)OCC)[C@H](C(=O)O[C@@H](C)C(=O)OCC)C1(C)C. The topological polar surface area (TPSA) is 210 Å². The van der Waals surface area contributed by atoms with Crippen molar-refractivity contribution >= 4 is 47.8 Å². The second-order valence-electron chi connectivity index (χ2n) is 13.2. The molecule has 2 rings (SSSR count). The van der Waals surface area contributed by atoms with Crippen LogP contribution < -0.4 is 0 Å². The Morgan fingerprint density at radius 1 is 0.440 bits per heavy atom. The second kappa shape index (κ2) is 15.8. The molecule has 1 unspecified atom stereocenters. The number of esters is 8. The van der Waals surface area contributed by atoms with E-state index in [0.717, 1.165) is 0 Å². The molecule has 0 spiro atoms. The number of ether oxygens (including phenoxy) is 8. The predicted molar refractivity (Wildman–Crippen MR) is 168 cm³/mol. The van der Waals surface area contributed by atoms with Gasteiger partial charge in [0.25, 0.3) is 0 Å². The van der Waals surface area contributed by atoms with E-state index in [1.54, 1.807) is 13.8 Å². The van der Waals surface area contributed by atoms with Crippen LogP contribution in [0.1, 0.15) is 83.1 Å². The first kappa shape index (κ1) is 41.9. The van der Waals surface area contributed by atoms with Gasteiger partial charge in [0.15, 0.2) is 24.4 Å². The molecule has 2 saturated carbocycles. The van der Waals surface area contributed by atoms with Gasteiger partial charge in [0.2, 0.25) is 0 Å². The normalized spacial score (nSPS) is 26.3. The Morgan fingerprint density at radius 3 is 0.880 bits per heavy atom. The van der Waals surface area contributed by atoms with Crippen molar-refractivity contribution in [2.24, 2.45) is 33.5 Å². The van der Waals surface area contributed by atoms with Crippen LogP contribution in [0.15, 0.2) is 0 Å². The van der Waals surface area contributed by atoms with Crippen LogP contribution in [-0.4, -0.2) is 98.6 Å². The van der Waals surface area contributed by atoms with Gasteiger partial charge in [0.05, 0.1) is 38.3 Å². The number of hydrogen-bond donors (Lipinski definition) is 0. The quantitative estimate of drug-likeness (QED) is 0.156. The molecule has 0 aromatic heterocycles. The van der Waals surface area contributed by atoms with Crippen molar-refractivity contribution in [2.45, 2.75) is 108 Å². The van der Waals surface area contributed by atoms with E-state index < -0.39 is 106 Å². The molecule has 16 nitrogen and oxygen atoms in total. The Hall–Kier alpha value is -4.24. The van der Waals surface area contributed by atoms with Gasteiger partial charge >= 0.3 is 47.8 Å². The van der Waals surface area contributed by atoms with E-state index >= 15 is 0 Å². The maximum atomic E-state index is 14.6. The molecule has 16 heteroatoms. The molecule has 0 amide bonds. The first-order chi connectivity index (χ1) is 23.1. The molecule has 2 aliphatic rings. The molecular formula is C34H50O16. The van der Waals surface area contributed by atoms with Crippen molar-refractivity contribution in [3.8, 4) is 0 Å². The summed E-state index contributed by atoms with van der Waals surface area (Å²) in [5.41, 5.74) is -7.90. The van der Waals surface area contributed by atoms with Crippen molar-refractivity contribution in [3.05, 3.63) is 0 Å². The fraction of sp³-hybridized carbons (Fsp3) is 0.765. The lowest BCUT2D eigenvalue weighted by molar-refractivity contribution is -0.186. The summed E-state index contributed by atoms with van der Waals surface area (Å²) in [6, 6.07) is 0. The van der Waals surface area contributed by atoms with E-state index in [2.05, 4.69) is 0 Å². The van der Waals surface area contributed by atoms with E-state index in [4.69, 9.17) is 37.9 Å². The van der Waals surface area contributed by atoms with Gasteiger partial charge in [-0.25, -0.2) is 19.2 Å². The molecule has 0 aromatic rings. The molecule has 8 atom stereocenters. The highest BCUT2D eigenvalue weighted by Gasteiger charge is 3.01. The van der Waals surface area contributed by atoms with Gasteiger partial charge in [-0.15, -0.1) is 0 Å². The summed E-state index contributed by atoms with van der Waals surface area (Å²) >= 11 is 0.